The van der Waals surface area contributed by atoms with Gasteiger partial charge in [-0.25, -0.2) is 8.78 Å². The lowest BCUT2D eigenvalue weighted by atomic mass is 9.99. The molecule has 7 rings (SSSR count). The summed E-state index contributed by atoms with van der Waals surface area (Å²) in [6.45, 7) is 3.22. The van der Waals surface area contributed by atoms with Gasteiger partial charge in [0.1, 0.15) is 28.7 Å². The fourth-order valence-electron chi connectivity index (χ4n) is 6.26. The van der Waals surface area contributed by atoms with E-state index in [-0.39, 0.29) is 28.4 Å². The minimum Gasteiger partial charge on any atom is -0.507 e. The number of ether oxygens (including phenoxy) is 1. The van der Waals surface area contributed by atoms with Crippen molar-refractivity contribution in [2.75, 3.05) is 31.6 Å². The molecule has 9 heteroatoms. The van der Waals surface area contributed by atoms with E-state index in [9.17, 15) is 9.50 Å². The third-order valence-electron chi connectivity index (χ3n) is 8.16. The molecule has 200 valence electrons. The van der Waals surface area contributed by atoms with Crippen LogP contribution in [0.1, 0.15) is 24.0 Å². The van der Waals surface area contributed by atoms with Gasteiger partial charge in [0, 0.05) is 54.8 Å². The van der Waals surface area contributed by atoms with Crippen LogP contribution in [0.5, 0.6) is 17.5 Å². The molecule has 3 aromatic carbocycles. The largest absolute Gasteiger partial charge is 0.507 e. The van der Waals surface area contributed by atoms with Gasteiger partial charge in [-0.2, -0.15) is 9.97 Å². The molecule has 3 aliphatic rings. The van der Waals surface area contributed by atoms with Crippen LogP contribution in [0.3, 0.4) is 0 Å². The highest BCUT2D eigenvalue weighted by molar-refractivity contribution is 5.94. The summed E-state index contributed by atoms with van der Waals surface area (Å²) in [5.41, 5.74) is 2.07. The Morgan fingerprint density at radius 3 is 2.59 bits per heavy atom. The number of hydrogen-bond donors (Lipinski definition) is 2. The number of nitrogens with one attached hydrogen (secondary N) is 1. The van der Waals surface area contributed by atoms with Crippen molar-refractivity contribution in [1.29, 1.82) is 0 Å². The first-order valence-electron chi connectivity index (χ1n) is 13.4. The molecule has 2 saturated heterocycles. The van der Waals surface area contributed by atoms with Crippen molar-refractivity contribution in [3.63, 3.8) is 0 Å². The second kappa shape index (κ2) is 9.43. The van der Waals surface area contributed by atoms with Crippen molar-refractivity contribution in [3.8, 4) is 28.6 Å². The lowest BCUT2D eigenvalue weighted by Crippen LogP contribution is -2.51. The minimum atomic E-state index is -0.726. The lowest BCUT2D eigenvalue weighted by Gasteiger charge is -2.34. The number of piperazine rings is 1. The number of anilines is 1. The predicted octanol–water partition coefficient (Wildman–Crippen LogP) is 5.00. The molecule has 4 aromatic rings. The number of nitrogens with zero attached hydrogens (tertiary/aromatic N) is 4. The third-order valence-corrected chi connectivity index (χ3v) is 8.16. The molecule has 2 unspecified atom stereocenters. The van der Waals surface area contributed by atoms with Crippen LogP contribution >= 0.6 is 0 Å². The average Bonchev–Trinajstić information content (AvgIpc) is 3.26. The van der Waals surface area contributed by atoms with E-state index in [2.05, 4.69) is 33.2 Å². The Balaban J connectivity index is 1.38. The number of halogens is 2. The molecule has 3 aliphatic heterocycles. The summed E-state index contributed by atoms with van der Waals surface area (Å²) in [5, 5.41) is 14.5. The Morgan fingerprint density at radius 2 is 1.79 bits per heavy atom. The molecule has 7 nitrogen and oxygen atoms in total. The molecule has 0 amide bonds. The van der Waals surface area contributed by atoms with Crippen LogP contribution in [0.2, 0.25) is 0 Å². The van der Waals surface area contributed by atoms with Gasteiger partial charge in [0.25, 0.3) is 0 Å². The maximum absolute atomic E-state index is 16.2. The number of likely N-dealkylation sites (N-methyl/N-ethyl adjacent to an activating group) is 1. The quantitative estimate of drug-likeness (QED) is 0.385. The first-order valence-corrected chi connectivity index (χ1v) is 13.4. The van der Waals surface area contributed by atoms with E-state index >= 15 is 4.39 Å². The van der Waals surface area contributed by atoms with Crippen molar-refractivity contribution in [2.45, 2.75) is 37.9 Å². The molecule has 39 heavy (non-hydrogen) atoms. The standard InChI is InChI=1S/C30H29F2N5O2/c1-36-13-12-20-17(14-36)4-2-7-25(20)39-30-34-28-22(29(35-30)37-15-18-8-9-19(16-37)33-18)11-10-21(27(28)32)26-23(31)5-3-6-24(26)38/h2-7,10-11,18-19,33,38H,8-9,12-16H2,1H3. The monoisotopic (exact) mass is 529 g/mol. The Labute approximate surface area is 225 Å². The molecule has 4 heterocycles. The zero-order valence-corrected chi connectivity index (χ0v) is 21.6. The summed E-state index contributed by atoms with van der Waals surface area (Å²) in [5.74, 6) is -0.510. The van der Waals surface area contributed by atoms with Crippen molar-refractivity contribution in [2.24, 2.45) is 0 Å². The number of benzene rings is 3. The number of aromatic nitrogens is 2. The SMILES string of the molecule is CN1CCc2c(cccc2Oc2nc(N3CC4CCC(C3)N4)c3ccc(-c4c(O)cccc4F)c(F)c3n2)C1. The number of phenols is 1. The van der Waals surface area contributed by atoms with Gasteiger partial charge in [-0.3, -0.25) is 0 Å². The highest BCUT2D eigenvalue weighted by atomic mass is 19.1. The minimum absolute atomic E-state index is 0.0329. The summed E-state index contributed by atoms with van der Waals surface area (Å²) in [7, 11) is 2.09. The van der Waals surface area contributed by atoms with Crippen molar-refractivity contribution in [3.05, 3.63) is 71.3 Å². The van der Waals surface area contributed by atoms with E-state index in [1.165, 1.54) is 29.8 Å². The molecular weight excluding hydrogens is 500 g/mol. The maximum Gasteiger partial charge on any atom is 0.324 e. The van der Waals surface area contributed by atoms with Gasteiger partial charge < -0.3 is 25.0 Å². The first-order chi connectivity index (χ1) is 18.9. The van der Waals surface area contributed by atoms with Gasteiger partial charge >= 0.3 is 6.01 Å². The van der Waals surface area contributed by atoms with E-state index < -0.39 is 11.6 Å². The third kappa shape index (κ3) is 4.26. The van der Waals surface area contributed by atoms with Crippen LogP contribution in [0, 0.1) is 11.6 Å². The molecule has 0 radical (unpaired) electrons. The van der Waals surface area contributed by atoms with E-state index in [0.717, 1.165) is 51.0 Å². The van der Waals surface area contributed by atoms with Crippen molar-refractivity contribution in [1.82, 2.24) is 20.2 Å². The van der Waals surface area contributed by atoms with E-state index in [4.69, 9.17) is 9.72 Å². The molecule has 0 saturated carbocycles. The molecule has 0 aliphatic carbocycles. The van der Waals surface area contributed by atoms with Crippen LogP contribution in [0.4, 0.5) is 14.6 Å². The molecule has 2 atom stereocenters. The van der Waals surface area contributed by atoms with Crippen LogP contribution in [0.25, 0.3) is 22.0 Å². The Hall–Kier alpha value is -3.82. The molecule has 2 bridgehead atoms. The molecule has 2 fully saturated rings. The smallest absolute Gasteiger partial charge is 0.324 e. The Kier molecular flexibility index (Phi) is 5.86. The van der Waals surface area contributed by atoms with Gasteiger partial charge in [0.05, 0.1) is 5.56 Å². The normalized spacial score (nSPS) is 20.8. The Morgan fingerprint density at radius 1 is 1.00 bits per heavy atom. The second-order valence-corrected chi connectivity index (χ2v) is 10.8. The number of phenolic OH excluding ortho intramolecular Hbond substituents is 1. The summed E-state index contributed by atoms with van der Waals surface area (Å²) in [6, 6.07) is 13.8. The molecule has 2 N–H and O–H groups in total. The summed E-state index contributed by atoms with van der Waals surface area (Å²) < 4.78 is 37.2. The second-order valence-electron chi connectivity index (χ2n) is 10.8. The maximum atomic E-state index is 16.2. The first kappa shape index (κ1) is 24.2. The number of hydrogen-bond acceptors (Lipinski definition) is 7. The van der Waals surface area contributed by atoms with Gasteiger partial charge in [-0.15, -0.1) is 0 Å². The van der Waals surface area contributed by atoms with Gasteiger partial charge in [-0.1, -0.05) is 24.3 Å². The van der Waals surface area contributed by atoms with E-state index in [0.29, 0.717) is 29.0 Å². The molecular formula is C30H29F2N5O2. The lowest BCUT2D eigenvalue weighted by molar-refractivity contribution is 0.308. The van der Waals surface area contributed by atoms with Crippen LogP contribution < -0.4 is 15.0 Å². The fraction of sp³-hybridized carbons (Fsp3) is 0.333. The van der Waals surface area contributed by atoms with E-state index in [1.807, 2.05) is 12.1 Å². The van der Waals surface area contributed by atoms with Gasteiger partial charge in [-0.05, 0) is 56.1 Å². The molecule has 0 spiro atoms. The zero-order valence-electron chi connectivity index (χ0n) is 21.6. The van der Waals surface area contributed by atoms with Crippen LogP contribution in [0.15, 0.2) is 48.5 Å². The number of fused-ring (bicyclic) bond motifs is 4. The van der Waals surface area contributed by atoms with Crippen molar-refractivity contribution >= 4 is 16.7 Å². The Bertz CT molecular complexity index is 1560. The van der Waals surface area contributed by atoms with Gasteiger partial charge in [0.2, 0.25) is 0 Å². The van der Waals surface area contributed by atoms with Crippen LogP contribution in [-0.4, -0.2) is 58.7 Å². The number of rotatable bonds is 4. The summed E-state index contributed by atoms with van der Waals surface area (Å²) >= 11 is 0. The highest BCUT2D eigenvalue weighted by Gasteiger charge is 2.34. The molecule has 1 aromatic heterocycles. The zero-order chi connectivity index (χ0) is 26.7. The highest BCUT2D eigenvalue weighted by Crippen LogP contribution is 2.40. The van der Waals surface area contributed by atoms with Crippen LogP contribution in [-0.2, 0) is 13.0 Å². The van der Waals surface area contributed by atoms with Crippen molar-refractivity contribution < 1.29 is 18.6 Å². The fourth-order valence-corrected chi connectivity index (χ4v) is 6.26. The topological polar surface area (TPSA) is 73.8 Å². The average molecular weight is 530 g/mol. The van der Waals surface area contributed by atoms with E-state index in [1.54, 1.807) is 6.07 Å². The summed E-state index contributed by atoms with van der Waals surface area (Å²) in [6.07, 6.45) is 3.00. The predicted molar refractivity (Wildman–Crippen MR) is 145 cm³/mol. The van der Waals surface area contributed by atoms with Gasteiger partial charge in [0.15, 0.2) is 5.82 Å². The summed E-state index contributed by atoms with van der Waals surface area (Å²) in [4.78, 5) is 13.8. The number of aromatic hydroxyl groups is 1.